The van der Waals surface area contributed by atoms with Crippen LogP contribution in [0.15, 0.2) is 30.3 Å². The molecule has 0 aromatic heterocycles. The highest BCUT2D eigenvalue weighted by Crippen LogP contribution is 2.39. The normalized spacial score (nSPS) is 15.2. The molecule has 0 amide bonds. The number of halogens is 1. The van der Waals surface area contributed by atoms with Crippen molar-refractivity contribution in [1.29, 1.82) is 0 Å². The first-order chi connectivity index (χ1) is 6.17. The standard InChI is InChI=1S/C9H12ClO2P/c10-7-4-8-13(11,12)9-5-2-1-3-6-9/h1-3,5-6H,4,7-8H2,(H,11,12). The van der Waals surface area contributed by atoms with E-state index in [1.165, 1.54) is 0 Å². The van der Waals surface area contributed by atoms with Crippen molar-refractivity contribution in [1.82, 2.24) is 0 Å². The zero-order chi connectivity index (χ0) is 9.73. The van der Waals surface area contributed by atoms with E-state index in [1.807, 2.05) is 6.07 Å². The van der Waals surface area contributed by atoms with Gasteiger partial charge in [0, 0.05) is 17.3 Å². The summed E-state index contributed by atoms with van der Waals surface area (Å²) in [7, 11) is -3.15. The van der Waals surface area contributed by atoms with Crippen molar-refractivity contribution in [3.63, 3.8) is 0 Å². The third-order valence-electron chi connectivity index (χ3n) is 1.75. The van der Waals surface area contributed by atoms with Gasteiger partial charge >= 0.3 is 0 Å². The van der Waals surface area contributed by atoms with Crippen molar-refractivity contribution in [2.45, 2.75) is 6.42 Å². The maximum absolute atomic E-state index is 11.7. The Bertz CT molecular complexity index is 300. The molecule has 0 bridgehead atoms. The third kappa shape index (κ3) is 3.15. The fourth-order valence-corrected chi connectivity index (χ4v) is 2.87. The molecule has 0 saturated carbocycles. The average Bonchev–Trinajstić information content (AvgIpc) is 2.16. The molecule has 1 aromatic rings. The van der Waals surface area contributed by atoms with Gasteiger partial charge in [0.15, 0.2) is 0 Å². The molecule has 2 nitrogen and oxygen atoms in total. The van der Waals surface area contributed by atoms with Crippen molar-refractivity contribution >= 4 is 24.3 Å². The minimum Gasteiger partial charge on any atom is -0.341 e. The molecule has 1 N–H and O–H groups in total. The first-order valence-corrected chi connectivity index (χ1v) is 6.48. The minimum absolute atomic E-state index is 0.264. The second-order valence-corrected chi connectivity index (χ2v) is 5.55. The second kappa shape index (κ2) is 4.80. The van der Waals surface area contributed by atoms with Gasteiger partial charge in [-0.3, -0.25) is 4.57 Å². The summed E-state index contributed by atoms with van der Waals surface area (Å²) in [5.41, 5.74) is 0. The van der Waals surface area contributed by atoms with Crippen LogP contribution in [0.2, 0.25) is 0 Å². The van der Waals surface area contributed by atoms with E-state index in [2.05, 4.69) is 0 Å². The molecule has 0 aliphatic rings. The van der Waals surface area contributed by atoms with Crippen LogP contribution in [-0.4, -0.2) is 16.9 Å². The third-order valence-corrected chi connectivity index (χ3v) is 4.05. The Labute approximate surface area is 83.0 Å². The first-order valence-electron chi connectivity index (χ1n) is 4.10. The van der Waals surface area contributed by atoms with E-state index in [0.717, 1.165) is 0 Å². The van der Waals surface area contributed by atoms with Crippen LogP contribution in [-0.2, 0) is 4.57 Å². The molecule has 1 atom stereocenters. The van der Waals surface area contributed by atoms with E-state index in [4.69, 9.17) is 11.6 Å². The van der Waals surface area contributed by atoms with E-state index in [1.54, 1.807) is 24.3 Å². The van der Waals surface area contributed by atoms with Crippen LogP contribution in [0, 0.1) is 0 Å². The topological polar surface area (TPSA) is 37.3 Å². The molecular weight excluding hydrogens is 207 g/mol. The van der Waals surface area contributed by atoms with Crippen LogP contribution < -0.4 is 5.30 Å². The van der Waals surface area contributed by atoms with Gasteiger partial charge in [-0.05, 0) is 18.6 Å². The summed E-state index contributed by atoms with van der Waals surface area (Å²) in [4.78, 5) is 9.61. The number of benzene rings is 1. The summed E-state index contributed by atoms with van der Waals surface area (Å²) in [5, 5.41) is 0.514. The molecule has 1 unspecified atom stereocenters. The fraction of sp³-hybridized carbons (Fsp3) is 0.333. The van der Waals surface area contributed by atoms with E-state index in [-0.39, 0.29) is 6.16 Å². The lowest BCUT2D eigenvalue weighted by Gasteiger charge is -2.09. The molecule has 0 fully saturated rings. The van der Waals surface area contributed by atoms with Gasteiger partial charge in [0.05, 0.1) is 0 Å². The summed E-state index contributed by atoms with van der Waals surface area (Å²) in [6.45, 7) is 0. The van der Waals surface area contributed by atoms with Crippen LogP contribution >= 0.6 is 19.0 Å². The molecular formula is C9H12ClO2P. The smallest absolute Gasteiger partial charge is 0.229 e. The van der Waals surface area contributed by atoms with Crippen molar-refractivity contribution < 1.29 is 9.46 Å². The highest BCUT2D eigenvalue weighted by atomic mass is 35.5. The monoisotopic (exact) mass is 218 g/mol. The van der Waals surface area contributed by atoms with Crippen LogP contribution in [0.25, 0.3) is 0 Å². The zero-order valence-corrected chi connectivity index (χ0v) is 8.84. The average molecular weight is 219 g/mol. The lowest BCUT2D eigenvalue weighted by molar-refractivity contribution is 0.489. The molecule has 13 heavy (non-hydrogen) atoms. The van der Waals surface area contributed by atoms with E-state index >= 15 is 0 Å². The SMILES string of the molecule is O=P(O)(CCCCl)c1ccccc1. The van der Waals surface area contributed by atoms with E-state index in [0.29, 0.717) is 17.6 Å². The van der Waals surface area contributed by atoms with Crippen LogP contribution in [0.5, 0.6) is 0 Å². The Morgan fingerprint density at radius 2 is 1.92 bits per heavy atom. The Kier molecular flexibility index (Phi) is 3.98. The van der Waals surface area contributed by atoms with Crippen LogP contribution in [0.3, 0.4) is 0 Å². The minimum atomic E-state index is -3.15. The van der Waals surface area contributed by atoms with Crippen LogP contribution in [0.4, 0.5) is 0 Å². The molecule has 0 heterocycles. The van der Waals surface area contributed by atoms with Gasteiger partial charge < -0.3 is 4.89 Å². The van der Waals surface area contributed by atoms with Gasteiger partial charge in [0.25, 0.3) is 0 Å². The quantitative estimate of drug-likeness (QED) is 0.622. The first kappa shape index (κ1) is 10.8. The molecule has 0 spiro atoms. The number of rotatable bonds is 4. The molecule has 0 radical (unpaired) electrons. The van der Waals surface area contributed by atoms with Crippen molar-refractivity contribution in [3.05, 3.63) is 30.3 Å². The van der Waals surface area contributed by atoms with E-state index in [9.17, 15) is 9.46 Å². The molecule has 0 aliphatic carbocycles. The van der Waals surface area contributed by atoms with Crippen LogP contribution in [0.1, 0.15) is 6.42 Å². The molecule has 4 heteroatoms. The van der Waals surface area contributed by atoms with Gasteiger partial charge in [-0.1, -0.05) is 18.2 Å². The Balaban J connectivity index is 2.76. The van der Waals surface area contributed by atoms with Gasteiger partial charge in [0.1, 0.15) is 0 Å². The summed E-state index contributed by atoms with van der Waals surface area (Å²) in [6, 6.07) is 8.70. The predicted octanol–water partition coefficient (Wildman–Crippen LogP) is 2.21. The molecule has 72 valence electrons. The Morgan fingerprint density at radius 1 is 1.31 bits per heavy atom. The van der Waals surface area contributed by atoms with Gasteiger partial charge in [0.2, 0.25) is 7.37 Å². The lowest BCUT2D eigenvalue weighted by atomic mass is 10.4. The largest absolute Gasteiger partial charge is 0.341 e. The second-order valence-electron chi connectivity index (χ2n) is 2.80. The summed E-state index contributed by atoms with van der Waals surface area (Å²) in [6.07, 6.45) is 0.838. The zero-order valence-electron chi connectivity index (χ0n) is 7.19. The summed E-state index contributed by atoms with van der Waals surface area (Å²) >= 11 is 5.46. The Hall–Kier alpha value is -0.300. The molecule has 1 aromatic carbocycles. The molecule has 0 aliphatic heterocycles. The Morgan fingerprint density at radius 3 is 2.46 bits per heavy atom. The predicted molar refractivity (Wildman–Crippen MR) is 56.1 cm³/mol. The highest BCUT2D eigenvalue weighted by molar-refractivity contribution is 7.66. The summed E-state index contributed by atoms with van der Waals surface area (Å²) in [5.74, 6) is 0.428. The van der Waals surface area contributed by atoms with Gasteiger partial charge in [-0.25, -0.2) is 0 Å². The fourth-order valence-electron chi connectivity index (χ4n) is 1.06. The maximum Gasteiger partial charge on any atom is 0.229 e. The van der Waals surface area contributed by atoms with Gasteiger partial charge in [-0.2, -0.15) is 0 Å². The van der Waals surface area contributed by atoms with Crippen molar-refractivity contribution in [3.8, 4) is 0 Å². The maximum atomic E-state index is 11.7. The summed E-state index contributed by atoms with van der Waals surface area (Å²) < 4.78 is 11.7. The molecule has 0 saturated heterocycles. The van der Waals surface area contributed by atoms with Crippen molar-refractivity contribution in [2.24, 2.45) is 0 Å². The van der Waals surface area contributed by atoms with Crippen molar-refractivity contribution in [2.75, 3.05) is 12.0 Å². The van der Waals surface area contributed by atoms with E-state index < -0.39 is 7.37 Å². The number of alkyl halides is 1. The number of hydrogen-bond acceptors (Lipinski definition) is 1. The number of hydrogen-bond donors (Lipinski definition) is 1. The lowest BCUT2D eigenvalue weighted by Crippen LogP contribution is -2.06. The highest BCUT2D eigenvalue weighted by Gasteiger charge is 2.19. The molecule has 1 rings (SSSR count). The van der Waals surface area contributed by atoms with Gasteiger partial charge in [-0.15, -0.1) is 11.6 Å².